The summed E-state index contributed by atoms with van der Waals surface area (Å²) in [6.07, 6.45) is 68.5. The van der Waals surface area contributed by atoms with Crippen LogP contribution in [-0.4, -0.2) is 37.2 Å². The van der Waals surface area contributed by atoms with Crippen LogP contribution in [0.1, 0.15) is 323 Å². The maximum Gasteiger partial charge on any atom is 0.306 e. The summed E-state index contributed by atoms with van der Waals surface area (Å²) in [6.45, 7) is 6.64. The van der Waals surface area contributed by atoms with Crippen molar-refractivity contribution in [3.05, 3.63) is 36.5 Å². The van der Waals surface area contributed by atoms with Crippen molar-refractivity contribution in [2.45, 2.75) is 329 Å². The summed E-state index contributed by atoms with van der Waals surface area (Å²) in [7, 11) is 0. The number of unbranched alkanes of at least 4 members (excludes halogenated alkanes) is 38. The van der Waals surface area contributed by atoms with Gasteiger partial charge in [-0.1, -0.05) is 263 Å². The minimum atomic E-state index is -0.780. The summed E-state index contributed by atoms with van der Waals surface area (Å²) in [5, 5.41) is 0. The quantitative estimate of drug-likeness (QED) is 0.0262. The first-order valence-electron chi connectivity index (χ1n) is 30.0. The van der Waals surface area contributed by atoms with Crippen molar-refractivity contribution in [3.8, 4) is 0 Å². The monoisotopic (exact) mass is 955 g/mol. The van der Waals surface area contributed by atoms with Gasteiger partial charge in [-0.2, -0.15) is 0 Å². The second kappa shape index (κ2) is 57.2. The molecule has 0 aromatic carbocycles. The Morgan fingerprint density at radius 1 is 0.294 bits per heavy atom. The molecule has 6 heteroatoms. The predicted molar refractivity (Wildman–Crippen MR) is 293 cm³/mol. The maximum atomic E-state index is 12.9. The van der Waals surface area contributed by atoms with E-state index in [9.17, 15) is 14.4 Å². The minimum absolute atomic E-state index is 0.0768. The van der Waals surface area contributed by atoms with E-state index in [1.165, 1.54) is 193 Å². The number of carbonyl (C=O) groups is 3. The van der Waals surface area contributed by atoms with Crippen LogP contribution in [-0.2, 0) is 28.6 Å². The molecule has 0 radical (unpaired) electrons. The average Bonchev–Trinajstić information content (AvgIpc) is 3.34. The molecule has 0 N–H and O–H groups in total. The van der Waals surface area contributed by atoms with Crippen LogP contribution in [0.2, 0.25) is 0 Å². The van der Waals surface area contributed by atoms with Crippen LogP contribution in [0, 0.1) is 0 Å². The summed E-state index contributed by atoms with van der Waals surface area (Å²) in [5.74, 6) is -0.881. The van der Waals surface area contributed by atoms with Gasteiger partial charge >= 0.3 is 17.9 Å². The number of esters is 3. The molecule has 0 aromatic rings. The normalized spacial score (nSPS) is 12.2. The largest absolute Gasteiger partial charge is 0.462 e. The average molecular weight is 956 g/mol. The lowest BCUT2D eigenvalue weighted by Gasteiger charge is -2.18. The Morgan fingerprint density at radius 3 is 0.838 bits per heavy atom. The Bertz CT molecular complexity index is 1140. The molecule has 0 fully saturated rings. The summed E-state index contributed by atoms with van der Waals surface area (Å²) in [6, 6.07) is 0. The SMILES string of the molecule is CCCCCC/C=C\C/C=C\CCCCCCCC(=O)OC(COC(=O)CCCCCCC/C=C\CCCCCCC)COC(=O)CCCCCCCCCCCCCCCCCCCCCC. The van der Waals surface area contributed by atoms with Gasteiger partial charge in [-0.05, 0) is 77.0 Å². The molecule has 0 aliphatic carbocycles. The first-order valence-corrected chi connectivity index (χ1v) is 30.0. The molecule has 0 aliphatic rings. The molecule has 0 bridgehead atoms. The Kier molecular flexibility index (Phi) is 55.2. The van der Waals surface area contributed by atoms with Crippen LogP contribution in [0.15, 0.2) is 36.5 Å². The molecule has 0 aliphatic heterocycles. The highest BCUT2D eigenvalue weighted by atomic mass is 16.6. The molecule has 68 heavy (non-hydrogen) atoms. The van der Waals surface area contributed by atoms with Gasteiger partial charge in [-0.15, -0.1) is 0 Å². The van der Waals surface area contributed by atoms with Crippen LogP contribution in [0.3, 0.4) is 0 Å². The van der Waals surface area contributed by atoms with Crippen LogP contribution in [0.25, 0.3) is 0 Å². The fourth-order valence-electron chi connectivity index (χ4n) is 8.82. The highest BCUT2D eigenvalue weighted by Crippen LogP contribution is 2.17. The third-order valence-electron chi connectivity index (χ3n) is 13.4. The first kappa shape index (κ1) is 65.6. The van der Waals surface area contributed by atoms with Crippen molar-refractivity contribution in [2.75, 3.05) is 13.2 Å². The van der Waals surface area contributed by atoms with Gasteiger partial charge in [0, 0.05) is 19.3 Å². The lowest BCUT2D eigenvalue weighted by molar-refractivity contribution is -0.167. The van der Waals surface area contributed by atoms with Crippen molar-refractivity contribution in [3.63, 3.8) is 0 Å². The molecular formula is C62H114O6. The van der Waals surface area contributed by atoms with Gasteiger partial charge in [-0.3, -0.25) is 14.4 Å². The van der Waals surface area contributed by atoms with Gasteiger partial charge in [0.15, 0.2) is 6.10 Å². The number of rotatable bonds is 55. The fourth-order valence-corrected chi connectivity index (χ4v) is 8.82. The second-order valence-corrected chi connectivity index (χ2v) is 20.3. The third-order valence-corrected chi connectivity index (χ3v) is 13.4. The Balaban J connectivity index is 4.33. The van der Waals surface area contributed by atoms with Crippen molar-refractivity contribution >= 4 is 17.9 Å². The first-order chi connectivity index (χ1) is 33.5. The molecule has 1 unspecified atom stereocenters. The van der Waals surface area contributed by atoms with Crippen molar-refractivity contribution in [1.29, 1.82) is 0 Å². The lowest BCUT2D eigenvalue weighted by atomic mass is 10.0. The lowest BCUT2D eigenvalue weighted by Crippen LogP contribution is -2.30. The zero-order chi connectivity index (χ0) is 49.3. The smallest absolute Gasteiger partial charge is 0.306 e. The third kappa shape index (κ3) is 54.6. The van der Waals surface area contributed by atoms with E-state index in [2.05, 4.69) is 57.2 Å². The Hall–Kier alpha value is -2.37. The molecule has 0 rings (SSSR count). The predicted octanol–water partition coefficient (Wildman–Crippen LogP) is 20.0. The van der Waals surface area contributed by atoms with Crippen molar-refractivity contribution < 1.29 is 28.6 Å². The second-order valence-electron chi connectivity index (χ2n) is 20.3. The van der Waals surface area contributed by atoms with Crippen LogP contribution >= 0.6 is 0 Å². The molecule has 0 saturated heterocycles. The number of ether oxygens (including phenoxy) is 3. The van der Waals surface area contributed by atoms with E-state index in [1.807, 2.05) is 0 Å². The summed E-state index contributed by atoms with van der Waals surface area (Å²) in [4.78, 5) is 38.2. The summed E-state index contributed by atoms with van der Waals surface area (Å²) < 4.78 is 16.9. The minimum Gasteiger partial charge on any atom is -0.462 e. The van der Waals surface area contributed by atoms with Gasteiger partial charge in [0.25, 0.3) is 0 Å². The van der Waals surface area contributed by atoms with Crippen molar-refractivity contribution in [1.82, 2.24) is 0 Å². The Morgan fingerprint density at radius 2 is 0.529 bits per heavy atom. The molecular weight excluding hydrogens is 841 g/mol. The highest BCUT2D eigenvalue weighted by molar-refractivity contribution is 5.71. The van der Waals surface area contributed by atoms with Crippen molar-refractivity contribution in [2.24, 2.45) is 0 Å². The van der Waals surface area contributed by atoms with Gasteiger partial charge in [-0.25, -0.2) is 0 Å². The van der Waals surface area contributed by atoms with Gasteiger partial charge < -0.3 is 14.2 Å². The van der Waals surface area contributed by atoms with E-state index in [0.717, 1.165) is 89.9 Å². The molecule has 0 aromatic heterocycles. The van der Waals surface area contributed by atoms with Crippen LogP contribution < -0.4 is 0 Å². The highest BCUT2D eigenvalue weighted by Gasteiger charge is 2.19. The van der Waals surface area contributed by atoms with E-state index in [0.29, 0.717) is 19.3 Å². The molecule has 0 amide bonds. The number of hydrogen-bond donors (Lipinski definition) is 0. The fraction of sp³-hybridized carbons (Fsp3) is 0.855. The number of allylic oxidation sites excluding steroid dienone is 6. The standard InChI is InChI=1S/C62H114O6/c1-4-7-10-13-16-19-22-25-28-30-31-32-33-35-37-40-43-46-49-52-55-61(64)67-58-59(57-66-60(63)54-51-48-45-42-39-36-27-24-21-18-15-12-9-6-3)68-62(65)56-53-50-47-44-41-38-34-29-26-23-20-17-14-11-8-5-2/h20,23-24,27,29,34,59H,4-19,21-22,25-26,28,30-33,35-58H2,1-3H3/b23-20-,27-24-,34-29-. The molecule has 398 valence electrons. The van der Waals surface area contributed by atoms with Crippen LogP contribution in [0.5, 0.6) is 0 Å². The zero-order valence-corrected chi connectivity index (χ0v) is 45.6. The summed E-state index contributed by atoms with van der Waals surface area (Å²) >= 11 is 0. The van der Waals surface area contributed by atoms with E-state index in [1.54, 1.807) is 0 Å². The van der Waals surface area contributed by atoms with E-state index in [4.69, 9.17) is 14.2 Å². The van der Waals surface area contributed by atoms with Crippen LogP contribution in [0.4, 0.5) is 0 Å². The molecule has 0 saturated carbocycles. The topological polar surface area (TPSA) is 78.9 Å². The van der Waals surface area contributed by atoms with E-state index in [-0.39, 0.29) is 31.1 Å². The van der Waals surface area contributed by atoms with Gasteiger partial charge in [0.05, 0.1) is 0 Å². The molecule has 1 atom stereocenters. The molecule has 0 heterocycles. The number of hydrogen-bond acceptors (Lipinski definition) is 6. The van der Waals surface area contributed by atoms with Gasteiger partial charge in [0.1, 0.15) is 13.2 Å². The molecule has 0 spiro atoms. The van der Waals surface area contributed by atoms with E-state index < -0.39 is 6.10 Å². The maximum absolute atomic E-state index is 12.9. The van der Waals surface area contributed by atoms with Gasteiger partial charge in [0.2, 0.25) is 0 Å². The Labute approximate surface area is 423 Å². The zero-order valence-electron chi connectivity index (χ0n) is 45.6. The van der Waals surface area contributed by atoms with E-state index >= 15 is 0 Å². The number of carbonyl (C=O) groups excluding carboxylic acids is 3. The molecule has 6 nitrogen and oxygen atoms in total. The summed E-state index contributed by atoms with van der Waals surface area (Å²) in [5.41, 5.74) is 0.